The van der Waals surface area contributed by atoms with Gasteiger partial charge in [0.05, 0.1) is 35.5 Å². The summed E-state index contributed by atoms with van der Waals surface area (Å²) in [6.45, 7) is 4.84. The maximum Gasteiger partial charge on any atom is 0.243 e. The molecular formula is C28H31N3O5S. The van der Waals surface area contributed by atoms with Crippen LogP contribution in [0.2, 0.25) is 0 Å². The Morgan fingerprint density at radius 1 is 1.08 bits per heavy atom. The predicted molar refractivity (Wildman–Crippen MR) is 139 cm³/mol. The Hall–Kier alpha value is -3.14. The number of pyridine rings is 1. The first-order valence-corrected chi connectivity index (χ1v) is 14.1. The summed E-state index contributed by atoms with van der Waals surface area (Å²) in [7, 11) is -1.73. The normalized spacial score (nSPS) is 19.4. The lowest BCUT2D eigenvalue weighted by atomic mass is 9.91. The molecule has 3 aromatic rings. The van der Waals surface area contributed by atoms with Gasteiger partial charge in [-0.3, -0.25) is 4.98 Å². The predicted octanol–water partition coefficient (Wildman–Crippen LogP) is 3.70. The van der Waals surface area contributed by atoms with E-state index < -0.39 is 10.0 Å². The van der Waals surface area contributed by atoms with Gasteiger partial charge in [-0.1, -0.05) is 18.2 Å². The van der Waals surface area contributed by atoms with Crippen LogP contribution >= 0.6 is 0 Å². The van der Waals surface area contributed by atoms with Gasteiger partial charge in [-0.15, -0.1) is 0 Å². The van der Waals surface area contributed by atoms with Crippen LogP contribution in [0, 0.1) is 0 Å². The number of sulfonamides is 1. The summed E-state index contributed by atoms with van der Waals surface area (Å²) in [5.41, 5.74) is 5.91. The van der Waals surface area contributed by atoms with Crippen LogP contribution in [0.3, 0.4) is 0 Å². The smallest absolute Gasteiger partial charge is 0.243 e. The van der Waals surface area contributed by atoms with Crippen molar-refractivity contribution in [2.45, 2.75) is 50.5 Å². The van der Waals surface area contributed by atoms with Gasteiger partial charge in [-0.2, -0.15) is 4.31 Å². The number of hydrogen-bond donors (Lipinski definition) is 0. The van der Waals surface area contributed by atoms with Crippen molar-refractivity contribution >= 4 is 15.7 Å². The largest absolute Gasteiger partial charge is 0.490 e. The molecule has 3 aliphatic rings. The molecule has 0 unspecified atom stereocenters. The van der Waals surface area contributed by atoms with E-state index in [1.54, 1.807) is 16.4 Å². The third kappa shape index (κ3) is 4.56. The van der Waals surface area contributed by atoms with E-state index in [0.29, 0.717) is 38.5 Å². The van der Waals surface area contributed by atoms with Gasteiger partial charge in [0.15, 0.2) is 0 Å². The summed E-state index contributed by atoms with van der Waals surface area (Å²) < 4.78 is 46.8. The number of benzene rings is 2. The van der Waals surface area contributed by atoms with Crippen molar-refractivity contribution in [2.24, 2.45) is 0 Å². The number of para-hydroxylation sites is 1. The van der Waals surface area contributed by atoms with Gasteiger partial charge in [0.25, 0.3) is 0 Å². The Labute approximate surface area is 217 Å². The minimum atomic E-state index is -3.71. The van der Waals surface area contributed by atoms with Crippen LogP contribution in [-0.2, 0) is 47.4 Å². The molecule has 8 nitrogen and oxygen atoms in total. The molecule has 0 spiro atoms. The summed E-state index contributed by atoms with van der Waals surface area (Å²) in [4.78, 5) is 7.33. The Kier molecular flexibility index (Phi) is 6.30. The van der Waals surface area contributed by atoms with Gasteiger partial charge in [0.2, 0.25) is 10.0 Å². The first-order valence-electron chi connectivity index (χ1n) is 12.7. The summed E-state index contributed by atoms with van der Waals surface area (Å²) in [5, 5.41) is 0. The average Bonchev–Trinajstić information content (AvgIpc) is 2.92. The topological polar surface area (TPSA) is 81.2 Å². The van der Waals surface area contributed by atoms with Crippen LogP contribution in [0.25, 0.3) is 0 Å². The van der Waals surface area contributed by atoms with Gasteiger partial charge in [-0.05, 0) is 47.9 Å². The zero-order valence-corrected chi connectivity index (χ0v) is 22.0. The van der Waals surface area contributed by atoms with Crippen LogP contribution in [-0.4, -0.2) is 50.6 Å². The molecule has 0 radical (unpaired) electrons. The molecule has 2 aromatic carbocycles. The van der Waals surface area contributed by atoms with Crippen LogP contribution in [0.4, 0.5) is 5.69 Å². The van der Waals surface area contributed by atoms with E-state index in [2.05, 4.69) is 11.8 Å². The monoisotopic (exact) mass is 521 g/mol. The molecule has 3 aliphatic heterocycles. The van der Waals surface area contributed by atoms with Crippen molar-refractivity contribution in [2.75, 3.05) is 31.6 Å². The van der Waals surface area contributed by atoms with Crippen molar-refractivity contribution in [3.63, 3.8) is 0 Å². The summed E-state index contributed by atoms with van der Waals surface area (Å²) in [6, 6.07) is 14.9. The number of aromatic nitrogens is 1. The van der Waals surface area contributed by atoms with E-state index in [1.807, 2.05) is 43.4 Å². The van der Waals surface area contributed by atoms with E-state index in [-0.39, 0.29) is 17.5 Å². The van der Waals surface area contributed by atoms with Gasteiger partial charge < -0.3 is 19.1 Å². The van der Waals surface area contributed by atoms with E-state index in [1.165, 1.54) is 0 Å². The van der Waals surface area contributed by atoms with Gasteiger partial charge >= 0.3 is 0 Å². The molecule has 194 valence electrons. The van der Waals surface area contributed by atoms with E-state index >= 15 is 0 Å². The van der Waals surface area contributed by atoms with Crippen molar-refractivity contribution in [1.82, 2.24) is 9.29 Å². The second-order valence-corrected chi connectivity index (χ2v) is 11.8. The number of hydrogen-bond acceptors (Lipinski definition) is 7. The molecule has 0 fully saturated rings. The number of nitrogens with zero attached hydrogens (tertiary/aromatic N) is 3. The third-order valence-corrected chi connectivity index (χ3v) is 9.26. The molecule has 0 bridgehead atoms. The fourth-order valence-electron chi connectivity index (χ4n) is 5.34. The molecular weight excluding hydrogens is 490 g/mol. The molecule has 37 heavy (non-hydrogen) atoms. The van der Waals surface area contributed by atoms with Crippen LogP contribution < -0.4 is 14.4 Å². The minimum Gasteiger partial charge on any atom is -0.490 e. The highest BCUT2D eigenvalue weighted by Crippen LogP contribution is 2.36. The standard InChI is InChI=1S/C28H31N3O5S/c1-19-14-22-24(17-35-19)23-16-31(11-10-25(23)29-26(22)18-36-20-6-4-3-5-7-20)37(32,33)21-8-9-27-28(15-21)34-13-12-30(27)2/h3-9,15,19H,10-14,16-18H2,1-2H3/t19-/m0/s1. The lowest BCUT2D eigenvalue weighted by molar-refractivity contribution is 0.0391. The van der Waals surface area contributed by atoms with Crippen LogP contribution in [0.5, 0.6) is 11.5 Å². The van der Waals surface area contributed by atoms with Crippen molar-refractivity contribution < 1.29 is 22.6 Å². The molecule has 1 aromatic heterocycles. The van der Waals surface area contributed by atoms with Gasteiger partial charge in [0.1, 0.15) is 24.7 Å². The number of anilines is 1. The molecule has 0 amide bonds. The lowest BCUT2D eigenvalue weighted by Gasteiger charge is -2.34. The summed E-state index contributed by atoms with van der Waals surface area (Å²) in [6.07, 6.45) is 1.34. The van der Waals surface area contributed by atoms with E-state index in [9.17, 15) is 8.42 Å². The highest BCUT2D eigenvalue weighted by Gasteiger charge is 2.34. The minimum absolute atomic E-state index is 0.0693. The Morgan fingerprint density at radius 2 is 1.92 bits per heavy atom. The maximum atomic E-state index is 13.7. The van der Waals surface area contributed by atoms with Crippen molar-refractivity contribution in [3.05, 3.63) is 76.6 Å². The molecule has 0 saturated carbocycles. The molecule has 0 aliphatic carbocycles. The maximum absolute atomic E-state index is 13.7. The fraction of sp³-hybridized carbons (Fsp3) is 0.393. The second-order valence-electron chi connectivity index (χ2n) is 9.86. The SMILES string of the molecule is C[C@H]1Cc2c(COc3ccccc3)nc3c(c2CO1)CN(S(=O)(=O)c1ccc2c(c1)OCCN2C)CC3. The lowest BCUT2D eigenvalue weighted by Crippen LogP contribution is -2.38. The summed E-state index contributed by atoms with van der Waals surface area (Å²) >= 11 is 0. The fourth-order valence-corrected chi connectivity index (χ4v) is 6.76. The van der Waals surface area contributed by atoms with E-state index in [0.717, 1.165) is 52.5 Å². The van der Waals surface area contributed by atoms with E-state index in [4.69, 9.17) is 19.2 Å². The molecule has 9 heteroatoms. The Bertz CT molecular complexity index is 1430. The first-order chi connectivity index (χ1) is 17.9. The number of likely N-dealkylation sites (N-methyl/N-ethyl adjacent to an activating group) is 1. The van der Waals surface area contributed by atoms with Crippen LogP contribution in [0.15, 0.2) is 53.4 Å². The number of ether oxygens (including phenoxy) is 3. The average molecular weight is 522 g/mol. The highest BCUT2D eigenvalue weighted by molar-refractivity contribution is 7.89. The first kappa shape index (κ1) is 24.2. The number of rotatable bonds is 5. The zero-order valence-electron chi connectivity index (χ0n) is 21.1. The van der Waals surface area contributed by atoms with Crippen LogP contribution in [0.1, 0.15) is 35.0 Å². The Morgan fingerprint density at radius 3 is 2.76 bits per heavy atom. The number of fused-ring (bicyclic) bond motifs is 4. The molecule has 4 heterocycles. The summed E-state index contributed by atoms with van der Waals surface area (Å²) in [5.74, 6) is 1.41. The van der Waals surface area contributed by atoms with Crippen molar-refractivity contribution in [1.29, 1.82) is 0 Å². The zero-order chi connectivity index (χ0) is 25.6. The molecule has 0 N–H and O–H groups in total. The quantitative estimate of drug-likeness (QED) is 0.507. The molecule has 0 saturated heterocycles. The highest BCUT2D eigenvalue weighted by atomic mass is 32.2. The molecule has 1 atom stereocenters. The second kappa shape index (κ2) is 9.63. The van der Waals surface area contributed by atoms with Gasteiger partial charge in [0, 0.05) is 44.7 Å². The molecule has 6 rings (SSSR count). The Balaban J connectivity index is 1.31. The third-order valence-electron chi connectivity index (χ3n) is 7.41. The van der Waals surface area contributed by atoms with Gasteiger partial charge in [-0.25, -0.2) is 8.42 Å². The van der Waals surface area contributed by atoms with Crippen molar-refractivity contribution in [3.8, 4) is 11.5 Å².